The van der Waals surface area contributed by atoms with Crippen molar-refractivity contribution in [1.82, 2.24) is 10.6 Å². The van der Waals surface area contributed by atoms with Crippen molar-refractivity contribution in [3.63, 3.8) is 0 Å². The SMILES string of the molecule is CCCOc1c(Cl)cc(C(=O)NCCC2CCCNC2)cc1OCC.Cl. The number of benzene rings is 1. The lowest BCUT2D eigenvalue weighted by Gasteiger charge is -2.22. The Labute approximate surface area is 167 Å². The maximum atomic E-state index is 12.4. The van der Waals surface area contributed by atoms with Crippen LogP contribution in [0.3, 0.4) is 0 Å². The second kappa shape index (κ2) is 12.3. The number of piperidine rings is 1. The molecule has 1 aliphatic heterocycles. The van der Waals surface area contributed by atoms with Crippen LogP contribution in [-0.2, 0) is 0 Å². The molecule has 0 radical (unpaired) electrons. The topological polar surface area (TPSA) is 59.6 Å². The highest BCUT2D eigenvalue weighted by Crippen LogP contribution is 2.36. The molecule has 0 bridgehead atoms. The van der Waals surface area contributed by atoms with E-state index < -0.39 is 0 Å². The van der Waals surface area contributed by atoms with E-state index in [4.69, 9.17) is 21.1 Å². The molecule has 1 atom stereocenters. The first-order chi connectivity index (χ1) is 12.2. The van der Waals surface area contributed by atoms with Crippen molar-refractivity contribution in [2.45, 2.75) is 39.5 Å². The summed E-state index contributed by atoms with van der Waals surface area (Å²) in [7, 11) is 0. The number of hydrogen-bond donors (Lipinski definition) is 2. The maximum absolute atomic E-state index is 12.4. The van der Waals surface area contributed by atoms with Gasteiger partial charge in [-0.2, -0.15) is 0 Å². The van der Waals surface area contributed by atoms with Gasteiger partial charge in [0.2, 0.25) is 0 Å². The van der Waals surface area contributed by atoms with Gasteiger partial charge in [0.05, 0.1) is 18.2 Å². The van der Waals surface area contributed by atoms with E-state index in [-0.39, 0.29) is 18.3 Å². The van der Waals surface area contributed by atoms with Gasteiger partial charge in [0.15, 0.2) is 11.5 Å². The Morgan fingerprint density at radius 2 is 2.15 bits per heavy atom. The van der Waals surface area contributed by atoms with Gasteiger partial charge in [0.25, 0.3) is 5.91 Å². The zero-order chi connectivity index (χ0) is 18.1. The Bertz CT molecular complexity index is 564. The fourth-order valence-electron chi connectivity index (χ4n) is 2.97. The molecule has 1 aliphatic rings. The van der Waals surface area contributed by atoms with E-state index >= 15 is 0 Å². The predicted molar refractivity (Wildman–Crippen MR) is 108 cm³/mol. The Morgan fingerprint density at radius 1 is 1.35 bits per heavy atom. The smallest absolute Gasteiger partial charge is 0.251 e. The van der Waals surface area contributed by atoms with Crippen LogP contribution < -0.4 is 20.1 Å². The molecular weight excluding hydrogens is 375 g/mol. The first kappa shape index (κ1) is 22.9. The molecule has 26 heavy (non-hydrogen) atoms. The largest absolute Gasteiger partial charge is 0.490 e. The van der Waals surface area contributed by atoms with Crippen molar-refractivity contribution in [3.8, 4) is 11.5 Å². The molecule has 1 aromatic carbocycles. The third-order valence-corrected chi connectivity index (χ3v) is 4.54. The normalized spacial score (nSPS) is 16.5. The first-order valence-corrected chi connectivity index (χ1v) is 9.61. The molecule has 5 nitrogen and oxygen atoms in total. The standard InChI is InChI=1S/C19H29ClN2O3.ClH/c1-3-10-25-18-16(20)11-15(12-17(18)24-4-2)19(23)22-9-7-14-6-5-8-21-13-14;/h11-12,14,21H,3-10,13H2,1-2H3,(H,22,23);1H. The van der Waals surface area contributed by atoms with Crippen molar-refractivity contribution in [3.05, 3.63) is 22.7 Å². The van der Waals surface area contributed by atoms with Crippen molar-refractivity contribution in [2.75, 3.05) is 32.8 Å². The fourth-order valence-corrected chi connectivity index (χ4v) is 3.23. The van der Waals surface area contributed by atoms with Gasteiger partial charge in [-0.3, -0.25) is 4.79 Å². The highest BCUT2D eigenvalue weighted by Gasteiger charge is 2.17. The van der Waals surface area contributed by atoms with Crippen LogP contribution in [0.25, 0.3) is 0 Å². The number of carbonyl (C=O) groups excluding carboxylic acids is 1. The van der Waals surface area contributed by atoms with E-state index in [2.05, 4.69) is 10.6 Å². The van der Waals surface area contributed by atoms with E-state index in [1.165, 1.54) is 12.8 Å². The van der Waals surface area contributed by atoms with E-state index in [0.29, 0.717) is 47.8 Å². The van der Waals surface area contributed by atoms with Crippen LogP contribution in [0.2, 0.25) is 5.02 Å². The summed E-state index contributed by atoms with van der Waals surface area (Å²) in [5.41, 5.74) is 0.499. The second-order valence-corrected chi connectivity index (χ2v) is 6.73. The van der Waals surface area contributed by atoms with Crippen LogP contribution in [0.15, 0.2) is 12.1 Å². The minimum absolute atomic E-state index is 0. The van der Waals surface area contributed by atoms with Crippen LogP contribution >= 0.6 is 24.0 Å². The number of carbonyl (C=O) groups is 1. The Kier molecular flexibility index (Phi) is 10.8. The highest BCUT2D eigenvalue weighted by molar-refractivity contribution is 6.32. The van der Waals surface area contributed by atoms with E-state index in [1.807, 2.05) is 13.8 Å². The number of halogens is 2. The maximum Gasteiger partial charge on any atom is 0.251 e. The molecule has 148 valence electrons. The lowest BCUT2D eigenvalue weighted by atomic mass is 9.96. The third-order valence-electron chi connectivity index (χ3n) is 4.26. The van der Waals surface area contributed by atoms with Crippen LogP contribution in [0.5, 0.6) is 11.5 Å². The average molecular weight is 405 g/mol. The lowest BCUT2D eigenvalue weighted by Crippen LogP contribution is -2.33. The molecule has 0 aliphatic carbocycles. The summed E-state index contributed by atoms with van der Waals surface area (Å²) < 4.78 is 11.3. The van der Waals surface area contributed by atoms with Gasteiger partial charge in [-0.05, 0) is 63.7 Å². The van der Waals surface area contributed by atoms with E-state index in [9.17, 15) is 4.79 Å². The molecule has 1 aromatic rings. The van der Waals surface area contributed by atoms with Gasteiger partial charge in [-0.1, -0.05) is 18.5 Å². The molecule has 1 fully saturated rings. The Balaban J connectivity index is 0.00000338. The van der Waals surface area contributed by atoms with Gasteiger partial charge >= 0.3 is 0 Å². The van der Waals surface area contributed by atoms with Crippen LogP contribution in [-0.4, -0.2) is 38.8 Å². The minimum Gasteiger partial charge on any atom is -0.490 e. The molecule has 0 spiro atoms. The molecule has 1 unspecified atom stereocenters. The fraction of sp³-hybridized carbons (Fsp3) is 0.632. The minimum atomic E-state index is -0.131. The Hall–Kier alpha value is -1.17. The molecule has 1 amide bonds. The highest BCUT2D eigenvalue weighted by atomic mass is 35.5. The summed E-state index contributed by atoms with van der Waals surface area (Å²) >= 11 is 6.31. The molecule has 1 saturated heterocycles. The average Bonchev–Trinajstić information content (AvgIpc) is 2.62. The summed E-state index contributed by atoms with van der Waals surface area (Å²) in [4.78, 5) is 12.4. The second-order valence-electron chi connectivity index (χ2n) is 6.32. The van der Waals surface area contributed by atoms with Gasteiger partial charge in [-0.25, -0.2) is 0 Å². The lowest BCUT2D eigenvalue weighted by molar-refractivity contribution is 0.0950. The quantitative estimate of drug-likeness (QED) is 0.650. The number of amides is 1. The van der Waals surface area contributed by atoms with E-state index in [1.54, 1.807) is 12.1 Å². The number of rotatable bonds is 9. The van der Waals surface area contributed by atoms with Gasteiger partial charge < -0.3 is 20.1 Å². The molecule has 1 heterocycles. The van der Waals surface area contributed by atoms with Crippen molar-refractivity contribution >= 4 is 29.9 Å². The first-order valence-electron chi connectivity index (χ1n) is 9.23. The molecule has 0 saturated carbocycles. The van der Waals surface area contributed by atoms with Gasteiger partial charge in [-0.15, -0.1) is 12.4 Å². The van der Waals surface area contributed by atoms with Crippen LogP contribution in [0.1, 0.15) is 49.9 Å². The zero-order valence-corrected chi connectivity index (χ0v) is 17.2. The van der Waals surface area contributed by atoms with Gasteiger partial charge in [0.1, 0.15) is 0 Å². The molecule has 0 aromatic heterocycles. The number of hydrogen-bond acceptors (Lipinski definition) is 4. The number of ether oxygens (including phenoxy) is 2. The Morgan fingerprint density at radius 3 is 2.81 bits per heavy atom. The van der Waals surface area contributed by atoms with Crippen molar-refractivity contribution in [2.24, 2.45) is 5.92 Å². The zero-order valence-electron chi connectivity index (χ0n) is 15.6. The summed E-state index contributed by atoms with van der Waals surface area (Å²) in [5, 5.41) is 6.78. The third kappa shape index (κ3) is 6.86. The molecule has 2 N–H and O–H groups in total. The van der Waals surface area contributed by atoms with Crippen LogP contribution in [0.4, 0.5) is 0 Å². The predicted octanol–water partition coefficient (Wildman–Crippen LogP) is 4.07. The summed E-state index contributed by atoms with van der Waals surface area (Å²) in [6, 6.07) is 3.35. The summed E-state index contributed by atoms with van der Waals surface area (Å²) in [5.74, 6) is 1.54. The molecule has 2 rings (SSSR count). The van der Waals surface area contributed by atoms with Crippen LogP contribution in [0, 0.1) is 5.92 Å². The van der Waals surface area contributed by atoms with Gasteiger partial charge in [0, 0.05) is 12.1 Å². The van der Waals surface area contributed by atoms with Crippen molar-refractivity contribution in [1.29, 1.82) is 0 Å². The van der Waals surface area contributed by atoms with Crippen molar-refractivity contribution < 1.29 is 14.3 Å². The number of nitrogens with one attached hydrogen (secondary N) is 2. The molecule has 7 heteroatoms. The summed E-state index contributed by atoms with van der Waals surface area (Å²) in [6.45, 7) is 7.77. The van der Waals surface area contributed by atoms with E-state index in [0.717, 1.165) is 25.9 Å². The monoisotopic (exact) mass is 404 g/mol. The molecular formula is C19H30Cl2N2O3. The summed E-state index contributed by atoms with van der Waals surface area (Å²) in [6.07, 6.45) is 4.31.